The van der Waals surface area contributed by atoms with Crippen molar-refractivity contribution in [2.75, 3.05) is 0 Å². The molecule has 3 unspecified atom stereocenters. The van der Waals surface area contributed by atoms with Gasteiger partial charge in [0, 0.05) is 12.1 Å². The van der Waals surface area contributed by atoms with Crippen LogP contribution in [0.3, 0.4) is 0 Å². The number of rotatable bonds is 8. The molecule has 4 nitrogen and oxygen atoms in total. The van der Waals surface area contributed by atoms with Crippen molar-refractivity contribution >= 4 is 5.91 Å². The molecule has 3 atom stereocenters. The lowest BCUT2D eigenvalue weighted by atomic mass is 10.1. The van der Waals surface area contributed by atoms with Gasteiger partial charge in [0.1, 0.15) is 5.75 Å². The minimum Gasteiger partial charge on any atom is -0.481 e. The van der Waals surface area contributed by atoms with Crippen LogP contribution in [0.2, 0.25) is 0 Å². The molecule has 0 aliphatic heterocycles. The van der Waals surface area contributed by atoms with E-state index in [4.69, 9.17) is 10.5 Å². The van der Waals surface area contributed by atoms with Gasteiger partial charge in [0.2, 0.25) is 0 Å². The zero-order valence-corrected chi connectivity index (χ0v) is 13.6. The Bertz CT molecular complexity index is 429. The second-order valence-electron chi connectivity index (χ2n) is 5.78. The minimum absolute atomic E-state index is 0.0735. The van der Waals surface area contributed by atoms with Crippen molar-refractivity contribution in [1.29, 1.82) is 0 Å². The van der Waals surface area contributed by atoms with Crippen LogP contribution in [0.5, 0.6) is 5.75 Å². The maximum Gasteiger partial charge on any atom is 0.260 e. The van der Waals surface area contributed by atoms with Gasteiger partial charge in [-0.15, -0.1) is 0 Å². The van der Waals surface area contributed by atoms with Crippen LogP contribution in [-0.4, -0.2) is 24.1 Å². The van der Waals surface area contributed by atoms with Gasteiger partial charge in [-0.3, -0.25) is 4.79 Å². The maximum absolute atomic E-state index is 12.0. The molecule has 0 aliphatic rings. The van der Waals surface area contributed by atoms with Crippen LogP contribution >= 0.6 is 0 Å². The molecule has 1 amide bonds. The summed E-state index contributed by atoms with van der Waals surface area (Å²) in [6.07, 6.45) is 2.37. The summed E-state index contributed by atoms with van der Waals surface area (Å²) in [4.78, 5) is 12.0. The highest BCUT2D eigenvalue weighted by Gasteiger charge is 2.16. The van der Waals surface area contributed by atoms with E-state index >= 15 is 0 Å². The molecular weight excluding hydrogens is 264 g/mol. The number of nitrogens with two attached hydrogens (primary N) is 1. The predicted molar refractivity (Wildman–Crippen MR) is 86.4 cm³/mol. The van der Waals surface area contributed by atoms with E-state index in [0.29, 0.717) is 5.75 Å². The minimum atomic E-state index is -0.497. The van der Waals surface area contributed by atoms with Gasteiger partial charge in [-0.2, -0.15) is 0 Å². The van der Waals surface area contributed by atoms with Crippen LogP contribution in [0.15, 0.2) is 24.3 Å². The van der Waals surface area contributed by atoms with Crippen LogP contribution < -0.4 is 15.8 Å². The quantitative estimate of drug-likeness (QED) is 0.774. The topological polar surface area (TPSA) is 64.3 Å². The molecule has 0 saturated carbocycles. The van der Waals surface area contributed by atoms with Crippen LogP contribution in [0, 0.1) is 0 Å². The number of ether oxygens (including phenoxy) is 1. The van der Waals surface area contributed by atoms with E-state index in [1.54, 1.807) is 6.92 Å². The van der Waals surface area contributed by atoms with E-state index in [9.17, 15) is 4.79 Å². The summed E-state index contributed by atoms with van der Waals surface area (Å²) in [7, 11) is 0. The Hall–Kier alpha value is -1.55. The number of hydrogen-bond donors (Lipinski definition) is 2. The van der Waals surface area contributed by atoms with Gasteiger partial charge in [0.05, 0.1) is 0 Å². The summed E-state index contributed by atoms with van der Waals surface area (Å²) in [5, 5.41) is 2.96. The van der Waals surface area contributed by atoms with E-state index in [0.717, 1.165) is 19.3 Å². The van der Waals surface area contributed by atoms with E-state index in [2.05, 4.69) is 12.2 Å². The summed E-state index contributed by atoms with van der Waals surface area (Å²) in [5.74, 6) is 0.629. The number of amides is 1. The van der Waals surface area contributed by atoms with Crippen molar-refractivity contribution in [2.45, 2.75) is 65.1 Å². The molecule has 1 rings (SSSR count). The average molecular weight is 292 g/mol. The van der Waals surface area contributed by atoms with Crippen LogP contribution in [0.4, 0.5) is 0 Å². The predicted octanol–water partition coefficient (Wildman–Crippen LogP) is 2.65. The molecule has 4 heteroatoms. The molecule has 1 aromatic carbocycles. The first-order chi connectivity index (χ1) is 9.92. The fourth-order valence-corrected chi connectivity index (χ4v) is 2.20. The Morgan fingerprint density at radius 1 is 1.24 bits per heavy atom. The van der Waals surface area contributed by atoms with Gasteiger partial charge < -0.3 is 15.8 Å². The third-order valence-electron chi connectivity index (χ3n) is 3.27. The largest absolute Gasteiger partial charge is 0.481 e. The molecule has 118 valence electrons. The SMILES string of the molecule is CCCC(C)NC(=O)C(C)Oc1ccc(CC(C)N)cc1. The van der Waals surface area contributed by atoms with Crippen molar-refractivity contribution in [3.05, 3.63) is 29.8 Å². The maximum atomic E-state index is 12.0. The van der Waals surface area contributed by atoms with Gasteiger partial charge >= 0.3 is 0 Å². The van der Waals surface area contributed by atoms with E-state index in [1.165, 1.54) is 5.56 Å². The van der Waals surface area contributed by atoms with Crippen LogP contribution in [0.1, 0.15) is 46.1 Å². The summed E-state index contributed by atoms with van der Waals surface area (Å²) >= 11 is 0. The van der Waals surface area contributed by atoms with Crippen molar-refractivity contribution in [3.63, 3.8) is 0 Å². The van der Waals surface area contributed by atoms with Crippen molar-refractivity contribution < 1.29 is 9.53 Å². The molecular formula is C17H28N2O2. The van der Waals surface area contributed by atoms with Gasteiger partial charge in [-0.25, -0.2) is 0 Å². The summed E-state index contributed by atoms with van der Waals surface area (Å²) < 4.78 is 5.67. The Kier molecular flexibility index (Phi) is 7.23. The van der Waals surface area contributed by atoms with Gasteiger partial charge in [-0.1, -0.05) is 25.5 Å². The van der Waals surface area contributed by atoms with Gasteiger partial charge in [-0.05, 0) is 51.3 Å². The lowest BCUT2D eigenvalue weighted by Gasteiger charge is -2.18. The lowest BCUT2D eigenvalue weighted by molar-refractivity contribution is -0.127. The molecule has 0 fully saturated rings. The first-order valence-corrected chi connectivity index (χ1v) is 7.74. The fourth-order valence-electron chi connectivity index (χ4n) is 2.20. The third-order valence-corrected chi connectivity index (χ3v) is 3.27. The molecule has 0 aromatic heterocycles. The number of benzene rings is 1. The second-order valence-corrected chi connectivity index (χ2v) is 5.78. The molecule has 0 heterocycles. The fraction of sp³-hybridized carbons (Fsp3) is 0.588. The molecule has 0 spiro atoms. The standard InChI is InChI=1S/C17H28N2O2/c1-5-6-13(3)19-17(20)14(4)21-16-9-7-15(8-10-16)11-12(2)18/h7-10,12-14H,5-6,11,18H2,1-4H3,(H,19,20). The average Bonchev–Trinajstić information content (AvgIpc) is 2.40. The number of hydrogen-bond acceptors (Lipinski definition) is 3. The molecule has 0 saturated heterocycles. The first-order valence-electron chi connectivity index (χ1n) is 7.74. The van der Waals surface area contributed by atoms with Gasteiger partial charge in [0.15, 0.2) is 6.10 Å². The highest BCUT2D eigenvalue weighted by Crippen LogP contribution is 2.15. The zero-order chi connectivity index (χ0) is 15.8. The zero-order valence-electron chi connectivity index (χ0n) is 13.6. The molecule has 1 aromatic rings. The van der Waals surface area contributed by atoms with E-state index < -0.39 is 6.10 Å². The number of nitrogens with one attached hydrogen (secondary N) is 1. The third kappa shape index (κ3) is 6.63. The van der Waals surface area contributed by atoms with Crippen molar-refractivity contribution in [3.8, 4) is 5.75 Å². The van der Waals surface area contributed by atoms with Gasteiger partial charge in [0.25, 0.3) is 5.91 Å². The normalized spacial score (nSPS) is 15.1. The van der Waals surface area contributed by atoms with Crippen LogP contribution in [0.25, 0.3) is 0 Å². The Morgan fingerprint density at radius 3 is 2.38 bits per heavy atom. The second kappa shape index (κ2) is 8.67. The molecule has 3 N–H and O–H groups in total. The molecule has 21 heavy (non-hydrogen) atoms. The van der Waals surface area contributed by atoms with Crippen LogP contribution in [-0.2, 0) is 11.2 Å². The van der Waals surface area contributed by atoms with E-state index in [-0.39, 0.29) is 18.0 Å². The molecule has 0 bridgehead atoms. The highest BCUT2D eigenvalue weighted by molar-refractivity contribution is 5.80. The lowest BCUT2D eigenvalue weighted by Crippen LogP contribution is -2.41. The van der Waals surface area contributed by atoms with E-state index in [1.807, 2.05) is 38.1 Å². The Labute approximate surface area is 128 Å². The summed E-state index contributed by atoms with van der Waals surface area (Å²) in [5.41, 5.74) is 6.94. The first kappa shape index (κ1) is 17.5. The number of carbonyl (C=O) groups excluding carboxylic acids is 1. The highest BCUT2D eigenvalue weighted by atomic mass is 16.5. The summed E-state index contributed by atoms with van der Waals surface area (Å²) in [6.45, 7) is 7.86. The summed E-state index contributed by atoms with van der Waals surface area (Å²) in [6, 6.07) is 8.07. The Balaban J connectivity index is 2.50. The smallest absolute Gasteiger partial charge is 0.260 e. The number of carbonyl (C=O) groups is 1. The Morgan fingerprint density at radius 2 is 1.86 bits per heavy atom. The van der Waals surface area contributed by atoms with Crippen molar-refractivity contribution in [1.82, 2.24) is 5.32 Å². The van der Waals surface area contributed by atoms with Crippen molar-refractivity contribution in [2.24, 2.45) is 5.73 Å². The molecule has 0 aliphatic carbocycles. The monoisotopic (exact) mass is 292 g/mol. The molecule has 0 radical (unpaired) electrons.